The number of ether oxygens (including phenoxy) is 1. The maximum Gasteiger partial charge on any atom is 0.337 e. The molecule has 6 nitrogen and oxygen atoms in total. The highest BCUT2D eigenvalue weighted by atomic mass is 16.6. The van der Waals surface area contributed by atoms with Crippen molar-refractivity contribution in [2.24, 2.45) is 22.9 Å². The Kier molecular flexibility index (Phi) is 2.13. The normalized spacial score (nSPS) is 45.4. The van der Waals surface area contributed by atoms with Gasteiger partial charge in [-0.2, -0.15) is 0 Å². The lowest BCUT2D eigenvalue weighted by Crippen LogP contribution is -2.58. The van der Waals surface area contributed by atoms with Gasteiger partial charge in [0.25, 0.3) is 0 Å². The molecule has 1 aliphatic heterocycles. The molecule has 0 aromatic heterocycles. The second-order valence-electron chi connectivity index (χ2n) is 4.46. The van der Waals surface area contributed by atoms with E-state index in [1.807, 2.05) is 0 Å². The number of esters is 1. The minimum Gasteiger partial charge on any atom is -0.439 e. The van der Waals surface area contributed by atoms with Crippen LogP contribution in [0.3, 0.4) is 0 Å². The van der Waals surface area contributed by atoms with Crippen molar-refractivity contribution >= 4 is 5.97 Å². The van der Waals surface area contributed by atoms with E-state index in [2.05, 4.69) is 0 Å². The van der Waals surface area contributed by atoms with Crippen molar-refractivity contribution in [3.63, 3.8) is 0 Å². The molecule has 0 aromatic carbocycles. The quantitative estimate of drug-likeness (QED) is 0.340. The fourth-order valence-corrected chi connectivity index (χ4v) is 2.39. The summed E-state index contributed by atoms with van der Waals surface area (Å²) >= 11 is 0. The molecule has 2 aliphatic rings. The summed E-state index contributed by atoms with van der Waals surface area (Å²) in [4.78, 5) is 11.5. The summed E-state index contributed by atoms with van der Waals surface area (Å²) in [5, 5.41) is 0. The molecule has 0 radical (unpaired) electrons. The summed E-state index contributed by atoms with van der Waals surface area (Å²) in [6.07, 6.45) is -0.279. The molecule has 3 unspecified atom stereocenters. The second-order valence-corrected chi connectivity index (χ2v) is 4.46. The van der Waals surface area contributed by atoms with E-state index in [4.69, 9.17) is 27.7 Å². The third-order valence-electron chi connectivity index (χ3n) is 3.10. The van der Waals surface area contributed by atoms with Crippen LogP contribution in [0.1, 0.15) is 13.3 Å². The summed E-state index contributed by atoms with van der Waals surface area (Å²) in [6, 6.07) is -0.866. The zero-order valence-electron chi connectivity index (χ0n) is 8.57. The van der Waals surface area contributed by atoms with E-state index in [1.165, 1.54) is 0 Å². The number of carbonyl (C=O) groups excluding carboxylic acids is 1. The molecule has 4 atom stereocenters. The fraction of sp³-hybridized carbons (Fsp3) is 0.667. The molecule has 8 N–H and O–H groups in total. The van der Waals surface area contributed by atoms with Crippen LogP contribution in [-0.2, 0) is 9.53 Å². The van der Waals surface area contributed by atoms with Gasteiger partial charge in [-0.05, 0) is 13.3 Å². The van der Waals surface area contributed by atoms with Crippen LogP contribution >= 0.6 is 0 Å². The van der Waals surface area contributed by atoms with E-state index in [1.54, 1.807) is 6.92 Å². The van der Waals surface area contributed by atoms with Gasteiger partial charge in [0, 0.05) is 17.2 Å². The Morgan fingerprint density at radius 3 is 2.60 bits per heavy atom. The van der Waals surface area contributed by atoms with E-state index in [0.717, 1.165) is 0 Å². The molecule has 1 aliphatic carbocycles. The average molecular weight is 212 g/mol. The predicted molar refractivity (Wildman–Crippen MR) is 54.3 cm³/mol. The number of carbonyl (C=O) groups is 1. The topological polar surface area (TPSA) is 130 Å². The van der Waals surface area contributed by atoms with Gasteiger partial charge in [0.2, 0.25) is 0 Å². The van der Waals surface area contributed by atoms with Crippen molar-refractivity contribution in [1.82, 2.24) is 0 Å². The third kappa shape index (κ3) is 1.37. The van der Waals surface area contributed by atoms with Crippen LogP contribution in [0.2, 0.25) is 0 Å². The highest BCUT2D eigenvalue weighted by molar-refractivity contribution is 5.94. The monoisotopic (exact) mass is 212 g/mol. The van der Waals surface area contributed by atoms with E-state index in [-0.39, 0.29) is 6.04 Å². The van der Waals surface area contributed by atoms with Crippen molar-refractivity contribution in [3.05, 3.63) is 11.1 Å². The summed E-state index contributed by atoms with van der Waals surface area (Å²) in [7, 11) is 0. The largest absolute Gasteiger partial charge is 0.439 e. The summed E-state index contributed by atoms with van der Waals surface area (Å²) in [5.41, 5.74) is 23.7. The van der Waals surface area contributed by atoms with Crippen LogP contribution in [0.4, 0.5) is 0 Å². The first-order valence-electron chi connectivity index (χ1n) is 4.86. The Bertz CT molecular complexity index is 350. The zero-order chi connectivity index (χ0) is 11.4. The standard InChI is InChI=1S/C9H16N4O2/c1-9(13)2-3(10)6(11)4-5(9)7(12)15-8(4)14/h3,6-7H,2,10-13H2,1H3/t3?,6?,7?,9-/m1/s1. The molecule has 84 valence electrons. The molecule has 0 saturated heterocycles. The Balaban J connectivity index is 2.54. The van der Waals surface area contributed by atoms with Gasteiger partial charge >= 0.3 is 5.97 Å². The minimum absolute atomic E-state index is 0.336. The van der Waals surface area contributed by atoms with E-state index < -0.39 is 23.8 Å². The van der Waals surface area contributed by atoms with E-state index in [0.29, 0.717) is 17.6 Å². The number of hydrogen-bond acceptors (Lipinski definition) is 6. The Morgan fingerprint density at radius 2 is 2.00 bits per heavy atom. The highest BCUT2D eigenvalue weighted by Gasteiger charge is 2.48. The van der Waals surface area contributed by atoms with Gasteiger partial charge in [0.05, 0.1) is 11.6 Å². The lowest BCUT2D eigenvalue weighted by molar-refractivity contribution is -0.139. The Labute approximate surface area is 87.6 Å². The Hall–Kier alpha value is -0.950. The van der Waals surface area contributed by atoms with Gasteiger partial charge < -0.3 is 21.9 Å². The van der Waals surface area contributed by atoms with Crippen molar-refractivity contribution in [1.29, 1.82) is 0 Å². The minimum atomic E-state index is -0.777. The molecule has 1 heterocycles. The number of hydrogen-bond donors (Lipinski definition) is 4. The average Bonchev–Trinajstić information content (AvgIpc) is 2.37. The van der Waals surface area contributed by atoms with Gasteiger partial charge in [-0.25, -0.2) is 4.79 Å². The molecule has 0 saturated carbocycles. The van der Waals surface area contributed by atoms with E-state index in [9.17, 15) is 4.79 Å². The van der Waals surface area contributed by atoms with Crippen LogP contribution in [0.25, 0.3) is 0 Å². The van der Waals surface area contributed by atoms with Gasteiger partial charge in [0.15, 0.2) is 6.23 Å². The van der Waals surface area contributed by atoms with Crippen LogP contribution in [0.15, 0.2) is 11.1 Å². The van der Waals surface area contributed by atoms with Crippen LogP contribution in [-0.4, -0.2) is 29.8 Å². The molecule has 0 bridgehead atoms. The molecule has 0 aromatic rings. The molecule has 0 fully saturated rings. The summed E-state index contributed by atoms with van der Waals surface area (Å²) in [5.74, 6) is -0.489. The van der Waals surface area contributed by atoms with Crippen molar-refractivity contribution in [2.45, 2.75) is 37.2 Å². The second kappa shape index (κ2) is 3.02. The van der Waals surface area contributed by atoms with Gasteiger partial charge in [-0.15, -0.1) is 0 Å². The predicted octanol–water partition coefficient (Wildman–Crippen LogP) is -2.10. The van der Waals surface area contributed by atoms with Gasteiger partial charge in [-0.3, -0.25) is 5.73 Å². The van der Waals surface area contributed by atoms with Crippen LogP contribution in [0.5, 0.6) is 0 Å². The number of rotatable bonds is 0. The van der Waals surface area contributed by atoms with Gasteiger partial charge in [-0.1, -0.05) is 0 Å². The zero-order valence-corrected chi connectivity index (χ0v) is 8.57. The van der Waals surface area contributed by atoms with Crippen molar-refractivity contribution in [3.8, 4) is 0 Å². The molecule has 0 spiro atoms. The lowest BCUT2D eigenvalue weighted by Gasteiger charge is -2.37. The molecule has 0 amide bonds. The third-order valence-corrected chi connectivity index (χ3v) is 3.10. The first-order valence-corrected chi connectivity index (χ1v) is 4.86. The number of cyclic esters (lactones) is 1. The molecule has 15 heavy (non-hydrogen) atoms. The lowest BCUT2D eigenvalue weighted by atomic mass is 9.74. The maximum atomic E-state index is 11.5. The molecular formula is C9H16N4O2. The van der Waals surface area contributed by atoms with Gasteiger partial charge in [0.1, 0.15) is 0 Å². The maximum absolute atomic E-state index is 11.5. The van der Waals surface area contributed by atoms with E-state index >= 15 is 0 Å². The van der Waals surface area contributed by atoms with Crippen LogP contribution < -0.4 is 22.9 Å². The number of nitrogens with two attached hydrogens (primary N) is 4. The first-order chi connectivity index (χ1) is 6.84. The highest BCUT2D eigenvalue weighted by Crippen LogP contribution is 2.37. The summed E-state index contributed by atoms with van der Waals surface area (Å²) < 4.78 is 4.91. The SMILES string of the molecule is C[C@@]1(N)CC(N)C(N)C2=C1C(N)OC2=O. The summed E-state index contributed by atoms with van der Waals surface area (Å²) in [6.45, 7) is 1.79. The van der Waals surface area contributed by atoms with Crippen LogP contribution in [0, 0.1) is 0 Å². The molecule has 6 heteroatoms. The van der Waals surface area contributed by atoms with Crippen molar-refractivity contribution < 1.29 is 9.53 Å². The Morgan fingerprint density at radius 1 is 1.40 bits per heavy atom. The first kappa shape index (κ1) is 10.6. The molecular weight excluding hydrogens is 196 g/mol. The fourth-order valence-electron chi connectivity index (χ4n) is 2.39. The van der Waals surface area contributed by atoms with Crippen molar-refractivity contribution in [2.75, 3.05) is 0 Å². The smallest absolute Gasteiger partial charge is 0.337 e. The molecule has 2 rings (SSSR count).